The highest BCUT2D eigenvalue weighted by molar-refractivity contribution is 6.33. The second kappa shape index (κ2) is 5.79. The van der Waals surface area contributed by atoms with Crippen LogP contribution in [0.4, 0.5) is 15.8 Å². The first-order valence-corrected chi connectivity index (χ1v) is 6.09. The van der Waals surface area contributed by atoms with Gasteiger partial charge in [-0.05, 0) is 36.8 Å². The van der Waals surface area contributed by atoms with Crippen LogP contribution in [0.1, 0.15) is 11.1 Å². The van der Waals surface area contributed by atoms with Crippen molar-refractivity contribution >= 4 is 29.2 Å². The van der Waals surface area contributed by atoms with Crippen LogP contribution in [0.2, 0.25) is 5.02 Å². The highest BCUT2D eigenvalue weighted by Crippen LogP contribution is 2.22. The number of nitrogens with zero attached hydrogens (tertiary/aromatic N) is 2. The predicted molar refractivity (Wildman–Crippen MR) is 76.5 cm³/mol. The van der Waals surface area contributed by atoms with Crippen molar-refractivity contribution in [3.8, 4) is 0 Å². The largest absolute Gasteiger partial charge is 0.270 e. The number of aliphatic imine (C=N–C) groups is 1. The van der Waals surface area contributed by atoms with Crippen molar-refractivity contribution in [2.24, 2.45) is 4.99 Å². The van der Waals surface area contributed by atoms with Gasteiger partial charge in [0.2, 0.25) is 0 Å². The van der Waals surface area contributed by atoms with Crippen molar-refractivity contribution in [1.29, 1.82) is 0 Å². The number of benzene rings is 2. The van der Waals surface area contributed by atoms with E-state index in [1.165, 1.54) is 36.5 Å². The van der Waals surface area contributed by atoms with Crippen LogP contribution >= 0.6 is 11.6 Å². The Labute approximate surface area is 119 Å². The molecule has 0 bridgehead atoms. The first-order valence-electron chi connectivity index (χ1n) is 5.71. The van der Waals surface area contributed by atoms with Gasteiger partial charge < -0.3 is 0 Å². The number of halogens is 2. The van der Waals surface area contributed by atoms with Crippen LogP contribution in [-0.4, -0.2) is 11.1 Å². The van der Waals surface area contributed by atoms with Crippen molar-refractivity contribution < 1.29 is 9.31 Å². The summed E-state index contributed by atoms with van der Waals surface area (Å²) in [6, 6.07) is 8.51. The first-order chi connectivity index (χ1) is 9.47. The number of aryl methyl sites for hydroxylation is 1. The molecule has 0 aliphatic rings. The molecule has 0 aromatic heterocycles. The SMILES string of the molecule is Cc1cc(N=Cc2cc([N+](=O)[O-])ccc2Cl)ccc1F. The molecule has 0 radical (unpaired) electrons. The van der Waals surface area contributed by atoms with E-state index in [1.54, 1.807) is 13.0 Å². The molecule has 2 aromatic carbocycles. The molecule has 0 spiro atoms. The summed E-state index contributed by atoms with van der Waals surface area (Å²) in [5.41, 5.74) is 1.39. The topological polar surface area (TPSA) is 55.5 Å². The fraction of sp³-hybridized carbons (Fsp3) is 0.0714. The number of nitro groups is 1. The molecule has 4 nitrogen and oxygen atoms in total. The van der Waals surface area contributed by atoms with Gasteiger partial charge in [-0.3, -0.25) is 15.1 Å². The van der Waals surface area contributed by atoms with E-state index < -0.39 is 4.92 Å². The predicted octanol–water partition coefficient (Wildman–Crippen LogP) is 4.45. The third-order valence-electron chi connectivity index (χ3n) is 2.68. The third-order valence-corrected chi connectivity index (χ3v) is 3.03. The minimum Gasteiger partial charge on any atom is -0.258 e. The van der Waals surface area contributed by atoms with Crippen molar-refractivity contribution in [2.75, 3.05) is 0 Å². The maximum Gasteiger partial charge on any atom is 0.270 e. The van der Waals surface area contributed by atoms with E-state index in [9.17, 15) is 14.5 Å². The van der Waals surface area contributed by atoms with E-state index in [-0.39, 0.29) is 11.5 Å². The smallest absolute Gasteiger partial charge is 0.258 e. The zero-order chi connectivity index (χ0) is 14.7. The van der Waals surface area contributed by atoms with Gasteiger partial charge >= 0.3 is 0 Å². The van der Waals surface area contributed by atoms with E-state index in [4.69, 9.17) is 11.6 Å². The molecule has 0 amide bonds. The lowest BCUT2D eigenvalue weighted by atomic mass is 10.2. The minimum absolute atomic E-state index is 0.0638. The minimum atomic E-state index is -0.504. The Bertz CT molecular complexity index is 702. The standard InChI is InChI=1S/C14H10ClFN2O2/c1-9-6-11(2-5-14(9)16)17-8-10-7-12(18(19)20)3-4-13(10)15/h2-8H,1H3. The van der Waals surface area contributed by atoms with Gasteiger partial charge in [0.05, 0.1) is 10.6 Å². The highest BCUT2D eigenvalue weighted by Gasteiger charge is 2.08. The number of non-ortho nitro benzene ring substituents is 1. The molecule has 0 N–H and O–H groups in total. The maximum atomic E-state index is 13.1. The van der Waals surface area contributed by atoms with Crippen molar-refractivity contribution in [3.63, 3.8) is 0 Å². The molecule has 0 heterocycles. The monoisotopic (exact) mass is 292 g/mol. The Kier molecular flexibility index (Phi) is 4.10. The summed E-state index contributed by atoms with van der Waals surface area (Å²) in [6.45, 7) is 1.63. The number of nitro benzene ring substituents is 1. The quantitative estimate of drug-likeness (QED) is 0.477. The lowest BCUT2D eigenvalue weighted by Crippen LogP contribution is -1.91. The van der Waals surface area contributed by atoms with Crippen molar-refractivity contribution in [3.05, 3.63) is 68.5 Å². The first kappa shape index (κ1) is 14.1. The molecule has 102 valence electrons. The van der Waals surface area contributed by atoms with Gasteiger partial charge in [0.1, 0.15) is 5.82 Å². The summed E-state index contributed by atoms with van der Waals surface area (Å²) in [4.78, 5) is 14.3. The molecule has 0 aliphatic heterocycles. The van der Waals surface area contributed by atoms with E-state index in [2.05, 4.69) is 4.99 Å². The van der Waals surface area contributed by atoms with Crippen LogP contribution in [0.3, 0.4) is 0 Å². The van der Waals surface area contributed by atoms with Crippen LogP contribution < -0.4 is 0 Å². The van der Waals surface area contributed by atoms with E-state index in [1.807, 2.05) is 0 Å². The van der Waals surface area contributed by atoms with Gasteiger partial charge in [0.15, 0.2) is 0 Å². The molecule has 0 fully saturated rings. The average molecular weight is 293 g/mol. The zero-order valence-corrected chi connectivity index (χ0v) is 11.3. The van der Waals surface area contributed by atoms with Crippen LogP contribution in [0.5, 0.6) is 0 Å². The van der Waals surface area contributed by atoms with Gasteiger partial charge in [-0.25, -0.2) is 4.39 Å². The lowest BCUT2D eigenvalue weighted by molar-refractivity contribution is -0.384. The number of rotatable bonds is 3. The molecule has 0 saturated carbocycles. The molecule has 0 unspecified atom stereocenters. The van der Waals surface area contributed by atoms with Crippen molar-refractivity contribution in [1.82, 2.24) is 0 Å². The Balaban J connectivity index is 2.33. The van der Waals surface area contributed by atoms with Crippen molar-refractivity contribution in [2.45, 2.75) is 6.92 Å². The maximum absolute atomic E-state index is 13.1. The summed E-state index contributed by atoms with van der Waals surface area (Å²) in [5, 5.41) is 11.1. The van der Waals surface area contributed by atoms with Gasteiger partial charge in [-0.1, -0.05) is 11.6 Å². The van der Waals surface area contributed by atoms with E-state index in [0.29, 0.717) is 21.8 Å². The fourth-order valence-corrected chi connectivity index (χ4v) is 1.76. The summed E-state index contributed by atoms with van der Waals surface area (Å²) < 4.78 is 13.1. The third kappa shape index (κ3) is 3.19. The van der Waals surface area contributed by atoms with Crippen LogP contribution in [0.25, 0.3) is 0 Å². The molecule has 6 heteroatoms. The molecular weight excluding hydrogens is 283 g/mol. The Morgan fingerprint density at radius 3 is 2.70 bits per heavy atom. The number of hydrogen-bond donors (Lipinski definition) is 0. The Morgan fingerprint density at radius 1 is 1.30 bits per heavy atom. The summed E-state index contributed by atoms with van der Waals surface area (Å²) in [6.07, 6.45) is 1.42. The van der Waals surface area contributed by atoms with Gasteiger partial charge in [-0.2, -0.15) is 0 Å². The zero-order valence-electron chi connectivity index (χ0n) is 10.5. The summed E-state index contributed by atoms with van der Waals surface area (Å²) >= 11 is 5.95. The summed E-state index contributed by atoms with van der Waals surface area (Å²) in [7, 11) is 0. The van der Waals surface area contributed by atoms with Gasteiger partial charge in [-0.15, -0.1) is 0 Å². The lowest BCUT2D eigenvalue weighted by Gasteiger charge is -2.00. The van der Waals surface area contributed by atoms with Crippen LogP contribution in [0, 0.1) is 22.9 Å². The fourth-order valence-electron chi connectivity index (χ4n) is 1.60. The van der Waals surface area contributed by atoms with Gasteiger partial charge in [0, 0.05) is 28.9 Å². The second-order valence-corrected chi connectivity index (χ2v) is 4.56. The van der Waals surface area contributed by atoms with E-state index in [0.717, 1.165) is 0 Å². The molecule has 20 heavy (non-hydrogen) atoms. The van der Waals surface area contributed by atoms with E-state index >= 15 is 0 Å². The molecule has 0 aliphatic carbocycles. The average Bonchev–Trinajstić information content (AvgIpc) is 2.41. The second-order valence-electron chi connectivity index (χ2n) is 4.15. The molecule has 0 saturated heterocycles. The highest BCUT2D eigenvalue weighted by atomic mass is 35.5. The normalized spacial score (nSPS) is 10.9. The Morgan fingerprint density at radius 2 is 2.05 bits per heavy atom. The summed E-state index contributed by atoms with van der Waals surface area (Å²) in [5.74, 6) is -0.308. The molecule has 2 aromatic rings. The van der Waals surface area contributed by atoms with Crippen LogP contribution in [0.15, 0.2) is 41.4 Å². The number of hydrogen-bond acceptors (Lipinski definition) is 3. The Hall–Kier alpha value is -2.27. The molecular formula is C14H10ClFN2O2. The molecule has 0 atom stereocenters. The van der Waals surface area contributed by atoms with Crippen LogP contribution in [-0.2, 0) is 0 Å². The molecule has 2 rings (SSSR count). The van der Waals surface area contributed by atoms with Gasteiger partial charge in [0.25, 0.3) is 5.69 Å².